The third-order valence-corrected chi connectivity index (χ3v) is 3.39. The normalized spacial score (nSPS) is 26.8. The summed E-state index contributed by atoms with van der Waals surface area (Å²) in [6, 6.07) is 0.860. The van der Waals surface area contributed by atoms with Crippen LogP contribution in [-0.2, 0) is 0 Å². The number of hydrogen-bond acceptors (Lipinski definition) is 1. The van der Waals surface area contributed by atoms with Crippen LogP contribution >= 0.6 is 0 Å². The first-order chi connectivity index (χ1) is 6.44. The molecule has 84 valence electrons. The van der Waals surface area contributed by atoms with Crippen LogP contribution in [0.4, 0.5) is 0 Å². The fraction of sp³-hybridized carbons (Fsp3) is 1.00. The van der Waals surface area contributed by atoms with Crippen molar-refractivity contribution in [3.8, 4) is 0 Å². The molecule has 0 radical (unpaired) electrons. The molecule has 14 heavy (non-hydrogen) atoms. The zero-order valence-corrected chi connectivity index (χ0v) is 10.6. The highest BCUT2D eigenvalue weighted by atomic mass is 15.2. The molecule has 1 heteroatoms. The minimum absolute atomic E-state index is 0.454. The molecular weight excluding hydrogens is 170 g/mol. The van der Waals surface area contributed by atoms with Crippen LogP contribution in [0.2, 0.25) is 0 Å². The molecule has 0 bridgehead atoms. The Labute approximate surface area is 89.9 Å². The summed E-state index contributed by atoms with van der Waals surface area (Å²) in [6.45, 7) is 14.4. The van der Waals surface area contributed by atoms with Crippen LogP contribution in [0.25, 0.3) is 0 Å². The molecular formula is C13H27N. The summed E-state index contributed by atoms with van der Waals surface area (Å²) in [4.78, 5) is 2.72. The molecule has 0 spiro atoms. The van der Waals surface area contributed by atoms with Crippen LogP contribution in [0.3, 0.4) is 0 Å². The summed E-state index contributed by atoms with van der Waals surface area (Å²) >= 11 is 0. The van der Waals surface area contributed by atoms with Gasteiger partial charge in [-0.3, -0.25) is 4.90 Å². The minimum Gasteiger partial charge on any atom is -0.300 e. The Hall–Kier alpha value is -0.0400. The molecule has 0 N–H and O–H groups in total. The van der Waals surface area contributed by atoms with E-state index in [-0.39, 0.29) is 0 Å². The van der Waals surface area contributed by atoms with E-state index in [0.29, 0.717) is 5.41 Å². The van der Waals surface area contributed by atoms with E-state index in [1.807, 2.05) is 0 Å². The van der Waals surface area contributed by atoms with Crippen molar-refractivity contribution in [3.63, 3.8) is 0 Å². The van der Waals surface area contributed by atoms with E-state index in [0.717, 1.165) is 12.0 Å². The van der Waals surface area contributed by atoms with E-state index >= 15 is 0 Å². The Kier molecular flexibility index (Phi) is 4.00. The fourth-order valence-electron chi connectivity index (χ4n) is 2.57. The van der Waals surface area contributed by atoms with Gasteiger partial charge >= 0.3 is 0 Å². The third kappa shape index (κ3) is 3.27. The summed E-state index contributed by atoms with van der Waals surface area (Å²) < 4.78 is 0. The lowest BCUT2D eigenvalue weighted by Crippen LogP contribution is -2.39. The molecule has 0 amide bonds. The van der Waals surface area contributed by atoms with Crippen LogP contribution in [-0.4, -0.2) is 24.0 Å². The SMILES string of the molecule is CC[C@H](C)C1CCCN1CC(C)(C)C. The second-order valence-corrected chi connectivity index (χ2v) is 6.13. The Bertz CT molecular complexity index is 169. The molecule has 0 aromatic rings. The standard InChI is InChI=1S/C13H27N/c1-6-11(2)12-8-7-9-14(12)10-13(3,4)5/h11-12H,6-10H2,1-5H3/t11-,12?/m0/s1. The molecule has 1 aliphatic heterocycles. The molecule has 1 rings (SSSR count). The molecule has 0 aliphatic carbocycles. The minimum atomic E-state index is 0.454. The van der Waals surface area contributed by atoms with E-state index in [2.05, 4.69) is 39.5 Å². The van der Waals surface area contributed by atoms with Gasteiger partial charge in [-0.05, 0) is 30.7 Å². The molecule has 1 fully saturated rings. The average Bonchev–Trinajstić information content (AvgIpc) is 2.48. The topological polar surface area (TPSA) is 3.24 Å². The monoisotopic (exact) mass is 197 g/mol. The molecule has 1 heterocycles. The van der Waals surface area contributed by atoms with Gasteiger partial charge in [-0.2, -0.15) is 0 Å². The van der Waals surface area contributed by atoms with Crippen molar-refractivity contribution in [3.05, 3.63) is 0 Å². The molecule has 1 saturated heterocycles. The van der Waals surface area contributed by atoms with Gasteiger partial charge < -0.3 is 0 Å². The van der Waals surface area contributed by atoms with Gasteiger partial charge in [0.1, 0.15) is 0 Å². The van der Waals surface area contributed by atoms with Crippen LogP contribution < -0.4 is 0 Å². The summed E-state index contributed by atoms with van der Waals surface area (Å²) in [5.74, 6) is 0.875. The summed E-state index contributed by atoms with van der Waals surface area (Å²) in [7, 11) is 0. The summed E-state index contributed by atoms with van der Waals surface area (Å²) in [5.41, 5.74) is 0.454. The molecule has 0 aromatic carbocycles. The molecule has 0 saturated carbocycles. The second kappa shape index (κ2) is 4.65. The molecule has 1 aliphatic rings. The van der Waals surface area contributed by atoms with Crippen LogP contribution in [0.1, 0.15) is 53.9 Å². The molecule has 1 unspecified atom stereocenters. The van der Waals surface area contributed by atoms with Gasteiger partial charge in [-0.15, -0.1) is 0 Å². The Morgan fingerprint density at radius 2 is 2.00 bits per heavy atom. The zero-order chi connectivity index (χ0) is 10.8. The molecule has 0 aromatic heterocycles. The Morgan fingerprint density at radius 3 is 2.50 bits per heavy atom. The number of hydrogen-bond donors (Lipinski definition) is 0. The third-order valence-electron chi connectivity index (χ3n) is 3.39. The number of nitrogens with zero attached hydrogens (tertiary/aromatic N) is 1. The maximum atomic E-state index is 2.72. The largest absolute Gasteiger partial charge is 0.300 e. The van der Waals surface area contributed by atoms with Gasteiger partial charge in [0.25, 0.3) is 0 Å². The first-order valence-corrected chi connectivity index (χ1v) is 6.18. The highest BCUT2D eigenvalue weighted by molar-refractivity contribution is 4.85. The van der Waals surface area contributed by atoms with Crippen molar-refractivity contribution in [2.45, 2.75) is 59.9 Å². The summed E-state index contributed by atoms with van der Waals surface area (Å²) in [5, 5.41) is 0. The van der Waals surface area contributed by atoms with E-state index < -0.39 is 0 Å². The smallest absolute Gasteiger partial charge is 0.0121 e. The lowest BCUT2D eigenvalue weighted by atomic mass is 9.92. The van der Waals surface area contributed by atoms with E-state index in [1.165, 1.54) is 32.4 Å². The fourth-order valence-corrected chi connectivity index (χ4v) is 2.57. The molecule has 2 atom stereocenters. The lowest BCUT2D eigenvalue weighted by Gasteiger charge is -2.34. The van der Waals surface area contributed by atoms with E-state index in [1.54, 1.807) is 0 Å². The van der Waals surface area contributed by atoms with Gasteiger partial charge in [-0.1, -0.05) is 41.0 Å². The van der Waals surface area contributed by atoms with E-state index in [4.69, 9.17) is 0 Å². The number of likely N-dealkylation sites (tertiary alicyclic amines) is 1. The van der Waals surface area contributed by atoms with Crippen molar-refractivity contribution in [2.24, 2.45) is 11.3 Å². The van der Waals surface area contributed by atoms with Crippen LogP contribution in [0, 0.1) is 11.3 Å². The maximum absolute atomic E-state index is 2.72. The van der Waals surface area contributed by atoms with Crippen molar-refractivity contribution in [1.82, 2.24) is 4.90 Å². The van der Waals surface area contributed by atoms with Gasteiger partial charge in [0.2, 0.25) is 0 Å². The highest BCUT2D eigenvalue weighted by Gasteiger charge is 2.30. The Balaban J connectivity index is 2.51. The predicted molar refractivity (Wildman–Crippen MR) is 63.5 cm³/mol. The van der Waals surface area contributed by atoms with Gasteiger partial charge in [0.15, 0.2) is 0 Å². The van der Waals surface area contributed by atoms with E-state index in [9.17, 15) is 0 Å². The average molecular weight is 197 g/mol. The van der Waals surface area contributed by atoms with Gasteiger partial charge in [0.05, 0.1) is 0 Å². The first kappa shape index (κ1) is 12.0. The zero-order valence-electron chi connectivity index (χ0n) is 10.6. The van der Waals surface area contributed by atoms with Gasteiger partial charge in [0, 0.05) is 12.6 Å². The second-order valence-electron chi connectivity index (χ2n) is 6.13. The van der Waals surface area contributed by atoms with Gasteiger partial charge in [-0.25, -0.2) is 0 Å². The highest BCUT2D eigenvalue weighted by Crippen LogP contribution is 2.29. The lowest BCUT2D eigenvalue weighted by molar-refractivity contribution is 0.141. The number of rotatable bonds is 3. The van der Waals surface area contributed by atoms with Crippen LogP contribution in [0.15, 0.2) is 0 Å². The quantitative estimate of drug-likeness (QED) is 0.669. The maximum Gasteiger partial charge on any atom is 0.0121 e. The van der Waals surface area contributed by atoms with Crippen molar-refractivity contribution < 1.29 is 0 Å². The van der Waals surface area contributed by atoms with Crippen LogP contribution in [0.5, 0.6) is 0 Å². The first-order valence-electron chi connectivity index (χ1n) is 6.18. The van der Waals surface area contributed by atoms with Crippen molar-refractivity contribution in [2.75, 3.05) is 13.1 Å². The summed E-state index contributed by atoms with van der Waals surface area (Å²) in [6.07, 6.45) is 4.15. The van der Waals surface area contributed by atoms with Crippen molar-refractivity contribution >= 4 is 0 Å². The Morgan fingerprint density at radius 1 is 1.36 bits per heavy atom. The molecule has 1 nitrogen and oxygen atoms in total. The predicted octanol–water partition coefficient (Wildman–Crippen LogP) is 3.54. The van der Waals surface area contributed by atoms with Crippen molar-refractivity contribution in [1.29, 1.82) is 0 Å².